The minimum absolute atomic E-state index is 0.366. The van der Waals surface area contributed by atoms with E-state index in [2.05, 4.69) is 90.5 Å². The maximum absolute atomic E-state index is 3.60. The molecule has 0 aliphatic rings. The first-order chi connectivity index (χ1) is 10.1. The predicted octanol–water partition coefficient (Wildman–Crippen LogP) is 5.47. The molecule has 0 aliphatic heterocycles. The molecule has 0 amide bonds. The summed E-state index contributed by atoms with van der Waals surface area (Å²) in [5.74, 6) is 0.585. The number of hydrogen-bond acceptors (Lipinski definition) is 1. The molecular formula is C19H24BrN. The second-order valence-corrected chi connectivity index (χ2v) is 6.68. The molecule has 0 fully saturated rings. The summed E-state index contributed by atoms with van der Waals surface area (Å²) in [6.45, 7) is 7.61. The highest BCUT2D eigenvalue weighted by Crippen LogP contribution is 2.23. The summed E-state index contributed by atoms with van der Waals surface area (Å²) >= 11 is 3.55. The van der Waals surface area contributed by atoms with Crippen LogP contribution in [0.3, 0.4) is 0 Å². The summed E-state index contributed by atoms with van der Waals surface area (Å²) < 4.78 is 1.14. The van der Waals surface area contributed by atoms with Crippen molar-refractivity contribution in [3.8, 4) is 0 Å². The van der Waals surface area contributed by atoms with Crippen LogP contribution >= 0.6 is 15.9 Å². The summed E-state index contributed by atoms with van der Waals surface area (Å²) in [6.07, 6.45) is 1.01. The van der Waals surface area contributed by atoms with Crippen molar-refractivity contribution in [1.82, 2.24) is 5.32 Å². The van der Waals surface area contributed by atoms with E-state index < -0.39 is 0 Å². The number of rotatable bonds is 6. The Bertz CT molecular complexity index is 560. The first-order valence-electron chi connectivity index (χ1n) is 7.67. The second kappa shape index (κ2) is 7.77. The van der Waals surface area contributed by atoms with Crippen LogP contribution < -0.4 is 5.32 Å². The minimum Gasteiger partial charge on any atom is -0.310 e. The molecule has 2 heteroatoms. The molecule has 1 N–H and O–H groups in total. The molecule has 2 aromatic carbocycles. The van der Waals surface area contributed by atoms with Crippen LogP contribution in [0, 0.1) is 0 Å². The van der Waals surface area contributed by atoms with E-state index in [-0.39, 0.29) is 0 Å². The summed E-state index contributed by atoms with van der Waals surface area (Å²) in [5.41, 5.74) is 4.11. The zero-order valence-electron chi connectivity index (χ0n) is 13.1. The molecule has 2 rings (SSSR count). The van der Waals surface area contributed by atoms with Crippen molar-refractivity contribution >= 4 is 15.9 Å². The van der Waals surface area contributed by atoms with Crippen molar-refractivity contribution in [2.75, 3.05) is 6.54 Å². The van der Waals surface area contributed by atoms with Gasteiger partial charge in [0.2, 0.25) is 0 Å². The Morgan fingerprint density at radius 3 is 2.24 bits per heavy atom. The molecule has 2 aromatic rings. The maximum Gasteiger partial charge on any atom is 0.0360 e. The molecule has 0 aliphatic carbocycles. The largest absolute Gasteiger partial charge is 0.310 e. The molecule has 0 aromatic heterocycles. The number of benzene rings is 2. The summed E-state index contributed by atoms with van der Waals surface area (Å²) in [7, 11) is 0. The Labute approximate surface area is 136 Å². The normalized spacial score (nSPS) is 12.6. The lowest BCUT2D eigenvalue weighted by molar-refractivity contribution is 0.549. The van der Waals surface area contributed by atoms with Crippen molar-refractivity contribution in [3.63, 3.8) is 0 Å². The fourth-order valence-electron chi connectivity index (χ4n) is 2.57. The highest BCUT2D eigenvalue weighted by molar-refractivity contribution is 9.10. The van der Waals surface area contributed by atoms with E-state index in [4.69, 9.17) is 0 Å². The Morgan fingerprint density at radius 2 is 1.67 bits per heavy atom. The highest BCUT2D eigenvalue weighted by atomic mass is 79.9. The third-order valence-electron chi connectivity index (χ3n) is 3.78. The van der Waals surface area contributed by atoms with Gasteiger partial charge in [0.1, 0.15) is 0 Å². The average molecular weight is 346 g/mol. The van der Waals surface area contributed by atoms with E-state index in [1.807, 2.05) is 0 Å². The topological polar surface area (TPSA) is 12.0 Å². The molecule has 0 heterocycles. The SMILES string of the molecule is CCNC(Cc1cccc(Br)c1)c1ccc(C(C)C)cc1. The van der Waals surface area contributed by atoms with Gasteiger partial charge in [-0.2, -0.15) is 0 Å². The van der Waals surface area contributed by atoms with Gasteiger partial charge in [0.05, 0.1) is 0 Å². The Kier molecular flexibility index (Phi) is 6.01. The van der Waals surface area contributed by atoms with Gasteiger partial charge in [-0.1, -0.05) is 73.1 Å². The van der Waals surface area contributed by atoms with Crippen molar-refractivity contribution in [2.24, 2.45) is 0 Å². The van der Waals surface area contributed by atoms with Crippen LogP contribution in [-0.2, 0) is 6.42 Å². The molecule has 0 bridgehead atoms. The van der Waals surface area contributed by atoms with Crippen molar-refractivity contribution < 1.29 is 0 Å². The lowest BCUT2D eigenvalue weighted by atomic mass is 9.95. The molecule has 0 saturated heterocycles. The summed E-state index contributed by atoms with van der Waals surface area (Å²) in [6, 6.07) is 18.0. The lowest BCUT2D eigenvalue weighted by Crippen LogP contribution is -2.23. The number of nitrogens with one attached hydrogen (secondary N) is 1. The molecule has 112 valence electrons. The molecule has 1 unspecified atom stereocenters. The van der Waals surface area contributed by atoms with Gasteiger partial charge in [-0.25, -0.2) is 0 Å². The van der Waals surface area contributed by atoms with E-state index in [1.54, 1.807) is 0 Å². The van der Waals surface area contributed by atoms with Gasteiger partial charge in [0, 0.05) is 10.5 Å². The van der Waals surface area contributed by atoms with Crippen LogP contribution in [0.15, 0.2) is 53.0 Å². The number of likely N-dealkylation sites (N-methyl/N-ethyl adjacent to an activating group) is 1. The van der Waals surface area contributed by atoms with E-state index in [1.165, 1.54) is 16.7 Å². The van der Waals surface area contributed by atoms with E-state index in [0.717, 1.165) is 17.4 Å². The van der Waals surface area contributed by atoms with Crippen LogP contribution in [-0.4, -0.2) is 6.54 Å². The van der Waals surface area contributed by atoms with Crippen molar-refractivity contribution in [3.05, 3.63) is 69.7 Å². The smallest absolute Gasteiger partial charge is 0.0360 e. The Hall–Kier alpha value is -1.12. The summed E-state index contributed by atoms with van der Waals surface area (Å²) in [4.78, 5) is 0. The highest BCUT2D eigenvalue weighted by Gasteiger charge is 2.12. The van der Waals surface area contributed by atoms with Gasteiger partial charge < -0.3 is 5.32 Å². The lowest BCUT2D eigenvalue weighted by Gasteiger charge is -2.19. The molecule has 0 saturated carbocycles. The average Bonchev–Trinajstić information content (AvgIpc) is 2.47. The first-order valence-corrected chi connectivity index (χ1v) is 8.47. The van der Waals surface area contributed by atoms with E-state index in [9.17, 15) is 0 Å². The molecular weight excluding hydrogens is 322 g/mol. The van der Waals surface area contributed by atoms with Gasteiger partial charge in [-0.15, -0.1) is 0 Å². The third-order valence-corrected chi connectivity index (χ3v) is 4.28. The molecule has 1 nitrogen and oxygen atoms in total. The minimum atomic E-state index is 0.366. The van der Waals surface area contributed by atoms with Gasteiger partial charge in [0.25, 0.3) is 0 Å². The van der Waals surface area contributed by atoms with E-state index >= 15 is 0 Å². The van der Waals surface area contributed by atoms with Gasteiger partial charge in [-0.3, -0.25) is 0 Å². The third kappa shape index (κ3) is 4.69. The fraction of sp³-hybridized carbons (Fsp3) is 0.368. The standard InChI is InChI=1S/C19H24BrN/c1-4-21-19(13-15-6-5-7-18(20)12-15)17-10-8-16(9-11-17)14(2)3/h5-12,14,19,21H,4,13H2,1-3H3. The zero-order chi connectivity index (χ0) is 15.2. The fourth-order valence-corrected chi connectivity index (χ4v) is 3.01. The van der Waals surface area contributed by atoms with Crippen LogP contribution in [0.5, 0.6) is 0 Å². The summed E-state index contributed by atoms with van der Waals surface area (Å²) in [5, 5.41) is 3.60. The second-order valence-electron chi connectivity index (χ2n) is 5.77. The van der Waals surface area contributed by atoms with Crippen LogP contribution in [0.25, 0.3) is 0 Å². The van der Waals surface area contributed by atoms with Crippen molar-refractivity contribution in [2.45, 2.75) is 39.2 Å². The van der Waals surface area contributed by atoms with Gasteiger partial charge >= 0.3 is 0 Å². The van der Waals surface area contributed by atoms with Gasteiger partial charge in [-0.05, 0) is 47.7 Å². The zero-order valence-corrected chi connectivity index (χ0v) is 14.7. The van der Waals surface area contributed by atoms with Crippen LogP contribution in [0.4, 0.5) is 0 Å². The van der Waals surface area contributed by atoms with Crippen molar-refractivity contribution in [1.29, 1.82) is 0 Å². The quantitative estimate of drug-likeness (QED) is 0.732. The first kappa shape index (κ1) is 16.3. The van der Waals surface area contributed by atoms with Gasteiger partial charge in [0.15, 0.2) is 0 Å². The number of hydrogen-bond donors (Lipinski definition) is 1. The monoisotopic (exact) mass is 345 g/mol. The molecule has 21 heavy (non-hydrogen) atoms. The molecule has 1 atom stereocenters. The predicted molar refractivity (Wildman–Crippen MR) is 94.8 cm³/mol. The number of halogens is 1. The molecule has 0 radical (unpaired) electrons. The van der Waals surface area contributed by atoms with Crippen LogP contribution in [0.2, 0.25) is 0 Å². The van der Waals surface area contributed by atoms with Crippen LogP contribution in [0.1, 0.15) is 49.4 Å². The Morgan fingerprint density at radius 1 is 1.00 bits per heavy atom. The van der Waals surface area contributed by atoms with E-state index in [0.29, 0.717) is 12.0 Å². The molecule has 0 spiro atoms. The maximum atomic E-state index is 3.60. The Balaban J connectivity index is 2.18.